The van der Waals surface area contributed by atoms with Crippen LogP contribution in [0.15, 0.2) is 83.5 Å². The van der Waals surface area contributed by atoms with Crippen molar-refractivity contribution in [2.75, 3.05) is 10.2 Å². The molecular weight excluding hydrogens is 563 g/mol. The van der Waals surface area contributed by atoms with Crippen LogP contribution in [0.2, 0.25) is 0 Å². The van der Waals surface area contributed by atoms with Gasteiger partial charge in [0, 0.05) is 16.4 Å². The first-order valence-electron chi connectivity index (χ1n) is 11.8. The fraction of sp³-hybridized carbons (Fsp3) is 0.179. The van der Waals surface area contributed by atoms with Gasteiger partial charge in [0.15, 0.2) is 0 Å². The van der Waals surface area contributed by atoms with Crippen LogP contribution >= 0.6 is 15.9 Å². The number of fused-ring (bicyclic) bond motifs is 5. The summed E-state index contributed by atoms with van der Waals surface area (Å²) in [5.74, 6) is -3.49. The van der Waals surface area contributed by atoms with Crippen LogP contribution in [-0.4, -0.2) is 28.7 Å². The van der Waals surface area contributed by atoms with Crippen molar-refractivity contribution in [3.05, 3.63) is 100 Å². The molecular formula is C28H19BrF3N3O3. The zero-order valence-corrected chi connectivity index (χ0v) is 21.1. The van der Waals surface area contributed by atoms with E-state index in [2.05, 4.69) is 21.2 Å². The van der Waals surface area contributed by atoms with Crippen molar-refractivity contribution in [3.8, 4) is 0 Å². The predicted molar refractivity (Wildman–Crippen MR) is 138 cm³/mol. The summed E-state index contributed by atoms with van der Waals surface area (Å²) >= 11 is 3.35. The number of nitrogens with zero attached hydrogens (tertiary/aromatic N) is 2. The Bertz CT molecular complexity index is 1500. The van der Waals surface area contributed by atoms with Gasteiger partial charge in [0.05, 0.1) is 29.1 Å². The van der Waals surface area contributed by atoms with Crippen molar-refractivity contribution in [2.24, 2.45) is 11.8 Å². The second-order valence-corrected chi connectivity index (χ2v) is 10.3. The Hall–Kier alpha value is -3.92. The van der Waals surface area contributed by atoms with Gasteiger partial charge in [0.1, 0.15) is 6.04 Å². The molecule has 38 heavy (non-hydrogen) atoms. The van der Waals surface area contributed by atoms with E-state index in [0.717, 1.165) is 32.6 Å². The Morgan fingerprint density at radius 2 is 1.61 bits per heavy atom. The molecule has 3 aliphatic rings. The van der Waals surface area contributed by atoms with Crippen LogP contribution in [0.25, 0.3) is 6.08 Å². The lowest BCUT2D eigenvalue weighted by Crippen LogP contribution is -2.46. The van der Waals surface area contributed by atoms with Gasteiger partial charge in [0.2, 0.25) is 17.7 Å². The first kappa shape index (κ1) is 24.4. The maximum absolute atomic E-state index is 13.8. The van der Waals surface area contributed by atoms with Crippen LogP contribution in [-0.2, 0) is 20.6 Å². The summed E-state index contributed by atoms with van der Waals surface area (Å²) in [5.41, 5.74) is 1.11. The minimum Gasteiger partial charge on any atom is -0.357 e. The summed E-state index contributed by atoms with van der Waals surface area (Å²) in [5, 5.41) is 2.56. The number of hydrogen-bond donors (Lipinski definition) is 1. The molecule has 192 valence electrons. The van der Waals surface area contributed by atoms with Gasteiger partial charge in [-0.25, -0.2) is 4.90 Å². The summed E-state index contributed by atoms with van der Waals surface area (Å²) in [7, 11) is 0. The highest BCUT2D eigenvalue weighted by molar-refractivity contribution is 9.10. The first-order valence-corrected chi connectivity index (χ1v) is 12.6. The van der Waals surface area contributed by atoms with E-state index in [4.69, 9.17) is 0 Å². The maximum atomic E-state index is 13.8. The van der Waals surface area contributed by atoms with Gasteiger partial charge in [-0.3, -0.25) is 14.4 Å². The number of halogens is 4. The lowest BCUT2D eigenvalue weighted by molar-refractivity contribution is -0.137. The summed E-state index contributed by atoms with van der Waals surface area (Å²) in [6.45, 7) is 0. The van der Waals surface area contributed by atoms with Gasteiger partial charge in [-0.05, 0) is 59.7 Å². The molecule has 6 nitrogen and oxygen atoms in total. The number of rotatable bonds is 3. The number of amides is 3. The maximum Gasteiger partial charge on any atom is 0.416 e. The topological polar surface area (TPSA) is 69.7 Å². The number of imide groups is 1. The molecule has 3 aliphatic heterocycles. The molecule has 4 atom stereocenters. The number of carbonyl (C=O) groups excluding carboxylic acids is 3. The predicted octanol–water partition coefficient (Wildman–Crippen LogP) is 5.62. The van der Waals surface area contributed by atoms with E-state index in [1.165, 1.54) is 12.1 Å². The molecule has 0 unspecified atom stereocenters. The highest BCUT2D eigenvalue weighted by Gasteiger charge is 2.64. The highest BCUT2D eigenvalue weighted by Crippen LogP contribution is 2.53. The van der Waals surface area contributed by atoms with Gasteiger partial charge in [-0.2, -0.15) is 13.2 Å². The van der Waals surface area contributed by atoms with Gasteiger partial charge in [-0.15, -0.1) is 0 Å². The van der Waals surface area contributed by atoms with Crippen LogP contribution in [0, 0.1) is 11.8 Å². The average Bonchev–Trinajstić information content (AvgIpc) is 3.37. The Labute approximate surface area is 223 Å². The largest absolute Gasteiger partial charge is 0.416 e. The lowest BCUT2D eigenvalue weighted by Gasteiger charge is -2.35. The number of nitrogens with one attached hydrogen (secondary N) is 1. The summed E-state index contributed by atoms with van der Waals surface area (Å²) in [6, 6.07) is 16.8. The van der Waals surface area contributed by atoms with Crippen molar-refractivity contribution >= 4 is 51.1 Å². The van der Waals surface area contributed by atoms with Gasteiger partial charge in [-0.1, -0.05) is 46.3 Å². The van der Waals surface area contributed by atoms with Crippen LogP contribution < -0.4 is 10.2 Å². The van der Waals surface area contributed by atoms with Crippen LogP contribution in [0.5, 0.6) is 0 Å². The average molecular weight is 582 g/mol. The molecule has 0 radical (unpaired) electrons. The lowest BCUT2D eigenvalue weighted by atomic mass is 9.84. The molecule has 10 heteroatoms. The van der Waals surface area contributed by atoms with Gasteiger partial charge in [0.25, 0.3) is 0 Å². The van der Waals surface area contributed by atoms with E-state index in [9.17, 15) is 27.6 Å². The minimum atomic E-state index is -4.58. The minimum absolute atomic E-state index is 0.0484. The Kier molecular flexibility index (Phi) is 5.68. The fourth-order valence-corrected chi connectivity index (χ4v) is 5.96. The molecule has 0 spiro atoms. The van der Waals surface area contributed by atoms with Crippen molar-refractivity contribution in [2.45, 2.75) is 18.3 Å². The third kappa shape index (κ3) is 3.82. The van der Waals surface area contributed by atoms with E-state index >= 15 is 0 Å². The van der Waals surface area contributed by atoms with E-state index in [0.29, 0.717) is 5.69 Å². The normalized spacial score (nSPS) is 23.8. The van der Waals surface area contributed by atoms with Gasteiger partial charge >= 0.3 is 6.18 Å². The van der Waals surface area contributed by atoms with Gasteiger partial charge < -0.3 is 10.2 Å². The van der Waals surface area contributed by atoms with Crippen LogP contribution in [0.1, 0.15) is 22.7 Å². The third-order valence-corrected chi connectivity index (χ3v) is 7.80. The second-order valence-electron chi connectivity index (χ2n) is 9.39. The highest BCUT2D eigenvalue weighted by atomic mass is 79.9. The smallest absolute Gasteiger partial charge is 0.357 e. The molecule has 3 heterocycles. The van der Waals surface area contributed by atoms with E-state index in [1.807, 2.05) is 24.3 Å². The second kappa shape index (κ2) is 8.83. The molecule has 3 aromatic carbocycles. The number of carbonyl (C=O) groups is 3. The van der Waals surface area contributed by atoms with E-state index in [-0.39, 0.29) is 5.69 Å². The summed E-state index contributed by atoms with van der Waals surface area (Å²) in [4.78, 5) is 44.1. The number of benzene rings is 3. The first-order chi connectivity index (χ1) is 18.1. The van der Waals surface area contributed by atoms with E-state index < -0.39 is 53.4 Å². The van der Waals surface area contributed by atoms with Crippen molar-refractivity contribution in [1.82, 2.24) is 4.90 Å². The molecule has 1 N–H and O–H groups in total. The number of anilines is 2. The molecule has 0 saturated carbocycles. The fourth-order valence-electron chi connectivity index (χ4n) is 5.69. The van der Waals surface area contributed by atoms with Crippen molar-refractivity contribution < 1.29 is 27.6 Å². The zero-order chi connectivity index (χ0) is 26.8. The quantitative estimate of drug-likeness (QED) is 0.407. The molecule has 3 amide bonds. The van der Waals surface area contributed by atoms with Crippen LogP contribution in [0.4, 0.5) is 24.5 Å². The SMILES string of the molecule is O=C(Nc1cccc(C(F)(F)F)c1)[C@@H]1[C@@H]2C(=O)N(c3ccc(Br)cc3)C(=O)[C@@H]2[C@@H]2c3ccccc3C=CN12. The molecule has 2 saturated heterocycles. The molecule has 0 aliphatic carbocycles. The van der Waals surface area contributed by atoms with Crippen molar-refractivity contribution in [1.29, 1.82) is 0 Å². The summed E-state index contributed by atoms with van der Waals surface area (Å²) < 4.78 is 40.5. The molecule has 3 aromatic rings. The number of alkyl halides is 3. The number of hydrogen-bond acceptors (Lipinski definition) is 4. The van der Waals surface area contributed by atoms with E-state index in [1.54, 1.807) is 41.4 Å². The monoisotopic (exact) mass is 581 g/mol. The molecule has 0 bridgehead atoms. The third-order valence-electron chi connectivity index (χ3n) is 7.27. The Morgan fingerprint density at radius 3 is 2.34 bits per heavy atom. The van der Waals surface area contributed by atoms with Crippen molar-refractivity contribution in [3.63, 3.8) is 0 Å². The zero-order valence-electron chi connectivity index (χ0n) is 19.5. The van der Waals surface area contributed by atoms with Crippen LogP contribution in [0.3, 0.4) is 0 Å². The molecule has 6 rings (SSSR count). The standard InChI is InChI=1S/C28H19BrF3N3O3/c29-17-8-10-19(11-9-17)35-26(37)21-22(27(35)38)24(34-13-12-15-4-1-2-7-20(15)23(21)34)25(36)33-18-6-3-5-16(14-18)28(30,31)32/h1-14,21-24H,(H,33,36)/t21-,22+,23-,24-/m0/s1. The Morgan fingerprint density at radius 1 is 0.895 bits per heavy atom. The Balaban J connectivity index is 1.41. The summed E-state index contributed by atoms with van der Waals surface area (Å²) in [6.07, 6.45) is -1.09. The molecule has 0 aromatic heterocycles. The molecule has 2 fully saturated rings.